The van der Waals surface area contributed by atoms with Gasteiger partial charge in [0.2, 0.25) is 0 Å². The van der Waals surface area contributed by atoms with Gasteiger partial charge in [0.15, 0.2) is 0 Å². The quantitative estimate of drug-likeness (QED) is 0.345. The summed E-state index contributed by atoms with van der Waals surface area (Å²) in [6, 6.07) is 4.29. The molecule has 1 unspecified atom stereocenters. The molecule has 15 heavy (non-hydrogen) atoms. The van der Waals surface area contributed by atoms with Crippen LogP contribution in [0, 0.1) is 10.1 Å². The second-order valence-corrected chi connectivity index (χ2v) is 3.24. The van der Waals surface area contributed by atoms with Gasteiger partial charge in [-0.15, -0.1) is 0 Å². The van der Waals surface area contributed by atoms with Gasteiger partial charge in [-0.2, -0.15) is 0 Å². The van der Waals surface area contributed by atoms with Gasteiger partial charge in [0.1, 0.15) is 12.7 Å². The van der Waals surface area contributed by atoms with Gasteiger partial charge in [0.05, 0.1) is 4.92 Å². The Morgan fingerprint density at radius 3 is 2.73 bits per heavy atom. The maximum atomic E-state index is 10.7. The lowest BCUT2D eigenvalue weighted by molar-refractivity contribution is -0.388. The molecular weight excluding hydrogens is 222 g/mol. The standard InChI is InChI=1S/C9H10ClNO4/c1-14-9(15-2)7-5-6(10)3-4-8(7)11(12)13/h3-5,9H,1-2H3/p+1. The van der Waals surface area contributed by atoms with Crippen LogP contribution in [0.4, 0.5) is 5.69 Å². The van der Waals surface area contributed by atoms with Crippen LogP contribution in [0.1, 0.15) is 11.9 Å². The molecule has 0 fully saturated rings. The summed E-state index contributed by atoms with van der Waals surface area (Å²) in [5.74, 6) is 0. The molecule has 5 nitrogen and oxygen atoms in total. The third-order valence-corrected chi connectivity index (χ3v) is 2.15. The van der Waals surface area contributed by atoms with E-state index in [9.17, 15) is 10.1 Å². The van der Waals surface area contributed by atoms with Gasteiger partial charge in [0, 0.05) is 18.2 Å². The first-order chi connectivity index (χ1) is 7.10. The van der Waals surface area contributed by atoms with Gasteiger partial charge in [-0.05, 0) is 12.1 Å². The molecule has 0 aliphatic rings. The van der Waals surface area contributed by atoms with E-state index in [1.165, 1.54) is 32.4 Å². The number of aliphatic hydroxyl groups is 2. The largest absolute Gasteiger partial charge is 0.408 e. The van der Waals surface area contributed by atoms with E-state index in [-0.39, 0.29) is 5.69 Å². The monoisotopic (exact) mass is 232 g/mol. The highest BCUT2D eigenvalue weighted by Crippen LogP contribution is 2.29. The summed E-state index contributed by atoms with van der Waals surface area (Å²) in [5, 5.41) is 11.2. The molecule has 1 atom stereocenters. The molecule has 82 valence electrons. The Labute approximate surface area is 91.7 Å². The van der Waals surface area contributed by atoms with E-state index in [0.717, 1.165) is 0 Å². The molecule has 6 heteroatoms. The van der Waals surface area contributed by atoms with Gasteiger partial charge < -0.3 is 9.47 Å². The zero-order valence-corrected chi connectivity index (χ0v) is 9.06. The van der Waals surface area contributed by atoms with Crippen LogP contribution in [0.5, 0.6) is 0 Å². The molecule has 1 N–H and O–H groups in total. The van der Waals surface area contributed by atoms with Gasteiger partial charge in [-0.1, -0.05) is 11.6 Å². The van der Waals surface area contributed by atoms with Crippen molar-refractivity contribution in [3.05, 3.63) is 38.9 Å². The minimum absolute atomic E-state index is 0.0446. The van der Waals surface area contributed by atoms with Crippen LogP contribution in [-0.2, 0) is 4.74 Å². The number of nitro groups is 1. The Morgan fingerprint density at radius 2 is 2.27 bits per heavy atom. The molecule has 0 radical (unpaired) electrons. The Bertz CT molecular complexity index is 365. The average Bonchev–Trinajstić information content (AvgIpc) is 2.19. The minimum Gasteiger partial charge on any atom is -0.408 e. The fourth-order valence-electron chi connectivity index (χ4n) is 1.26. The summed E-state index contributed by atoms with van der Waals surface area (Å²) in [4.78, 5) is 10.3. The SMILES string of the molecule is COC([OH+]C)c1cc(Cl)ccc1[N+](=O)[O-]. The molecule has 0 saturated carbocycles. The molecule has 0 aliphatic carbocycles. The highest BCUT2D eigenvalue weighted by Gasteiger charge is 2.25. The first-order valence-corrected chi connectivity index (χ1v) is 4.53. The number of ether oxygens (including phenoxy) is 2. The van der Waals surface area contributed by atoms with Gasteiger partial charge >= 0.3 is 0 Å². The molecule has 1 aromatic rings. The summed E-state index contributed by atoms with van der Waals surface area (Å²) in [6.07, 6.45) is -0.663. The smallest absolute Gasteiger partial charge is 0.298 e. The lowest BCUT2D eigenvalue weighted by atomic mass is 10.1. The van der Waals surface area contributed by atoms with Crippen molar-refractivity contribution in [1.29, 1.82) is 0 Å². The molecule has 0 spiro atoms. The topological polar surface area (TPSA) is 65.2 Å². The fourth-order valence-corrected chi connectivity index (χ4v) is 1.44. The highest BCUT2D eigenvalue weighted by molar-refractivity contribution is 6.30. The Hall–Kier alpha value is -1.17. The van der Waals surface area contributed by atoms with E-state index < -0.39 is 11.2 Å². The van der Waals surface area contributed by atoms with Crippen LogP contribution in [0.25, 0.3) is 0 Å². The maximum Gasteiger partial charge on any atom is 0.298 e. The van der Waals surface area contributed by atoms with Gasteiger partial charge in [0.25, 0.3) is 12.0 Å². The number of nitro benzene ring substituents is 1. The molecule has 0 bridgehead atoms. The van der Waals surface area contributed by atoms with Crippen molar-refractivity contribution < 1.29 is 14.4 Å². The van der Waals surface area contributed by atoms with E-state index in [0.29, 0.717) is 10.6 Å². The normalized spacial score (nSPS) is 12.5. The van der Waals surface area contributed by atoms with Crippen molar-refractivity contribution in [1.82, 2.24) is 0 Å². The average molecular weight is 233 g/mol. The van der Waals surface area contributed by atoms with E-state index in [1.54, 1.807) is 0 Å². The van der Waals surface area contributed by atoms with Crippen molar-refractivity contribution >= 4 is 17.3 Å². The second-order valence-electron chi connectivity index (χ2n) is 2.81. The van der Waals surface area contributed by atoms with E-state index in [4.69, 9.17) is 16.3 Å². The van der Waals surface area contributed by atoms with Crippen LogP contribution in [0.2, 0.25) is 5.02 Å². The fraction of sp³-hybridized carbons (Fsp3) is 0.333. The third kappa shape index (κ3) is 2.65. The predicted octanol–water partition coefficient (Wildman–Crippen LogP) is 2.05. The molecule has 0 amide bonds. The molecule has 0 aromatic heterocycles. The molecular formula is C9H11ClNO4+. The third-order valence-electron chi connectivity index (χ3n) is 1.91. The maximum absolute atomic E-state index is 10.7. The summed E-state index contributed by atoms with van der Waals surface area (Å²) in [7, 11) is 2.96. The van der Waals surface area contributed by atoms with Crippen molar-refractivity contribution in [3.8, 4) is 0 Å². The molecule has 0 heterocycles. The molecule has 0 aliphatic heterocycles. The van der Waals surface area contributed by atoms with E-state index in [1.807, 2.05) is 0 Å². The number of benzene rings is 1. The van der Waals surface area contributed by atoms with Crippen LogP contribution < -0.4 is 0 Å². The molecule has 0 saturated heterocycles. The number of hydrogen-bond acceptors (Lipinski definition) is 3. The van der Waals surface area contributed by atoms with Crippen LogP contribution in [-0.4, -0.2) is 23.9 Å². The Balaban J connectivity index is 3.22. The highest BCUT2D eigenvalue weighted by atomic mass is 35.5. The first-order valence-electron chi connectivity index (χ1n) is 4.15. The van der Waals surface area contributed by atoms with Crippen LogP contribution >= 0.6 is 11.6 Å². The lowest BCUT2D eigenvalue weighted by Gasteiger charge is -2.10. The van der Waals surface area contributed by atoms with E-state index >= 15 is 0 Å². The lowest BCUT2D eigenvalue weighted by Crippen LogP contribution is -2.09. The number of hydrogen-bond donors (Lipinski definition) is 0. The molecule has 1 rings (SSSR count). The summed E-state index contributed by atoms with van der Waals surface area (Å²) in [6.45, 7) is 0. The second kappa shape index (κ2) is 5.06. The Morgan fingerprint density at radius 1 is 1.60 bits per heavy atom. The Kier molecular flexibility index (Phi) is 4.02. The van der Waals surface area contributed by atoms with Crippen molar-refractivity contribution in [2.75, 3.05) is 14.2 Å². The minimum atomic E-state index is -0.663. The zero-order chi connectivity index (χ0) is 11.4. The summed E-state index contributed by atoms with van der Waals surface area (Å²) >= 11 is 5.76. The van der Waals surface area contributed by atoms with Crippen molar-refractivity contribution in [2.45, 2.75) is 6.29 Å². The van der Waals surface area contributed by atoms with Crippen LogP contribution in [0.15, 0.2) is 18.2 Å². The van der Waals surface area contributed by atoms with Crippen molar-refractivity contribution in [2.24, 2.45) is 0 Å². The molecule has 1 aromatic carbocycles. The van der Waals surface area contributed by atoms with Gasteiger partial charge in [-0.3, -0.25) is 10.1 Å². The summed E-state index contributed by atoms with van der Waals surface area (Å²) in [5.41, 5.74) is 0.314. The van der Waals surface area contributed by atoms with Crippen molar-refractivity contribution in [3.63, 3.8) is 0 Å². The number of halogens is 1. The zero-order valence-electron chi connectivity index (χ0n) is 8.31. The van der Waals surface area contributed by atoms with E-state index in [2.05, 4.69) is 4.74 Å². The number of rotatable bonds is 4. The van der Waals surface area contributed by atoms with Gasteiger partial charge in [-0.25, -0.2) is 0 Å². The number of nitrogens with zero attached hydrogens (tertiary/aromatic N) is 1. The van der Waals surface area contributed by atoms with Crippen LogP contribution in [0.3, 0.4) is 0 Å². The first kappa shape index (κ1) is 11.9. The number of methoxy groups -OCH3 is 1. The predicted molar refractivity (Wildman–Crippen MR) is 56.0 cm³/mol. The summed E-state index contributed by atoms with van der Waals surface area (Å²) < 4.78 is 8.88.